The van der Waals surface area contributed by atoms with E-state index in [2.05, 4.69) is 420 Å². The number of para-hydroxylation sites is 13. The van der Waals surface area contributed by atoms with E-state index in [1.165, 1.54) is 143 Å². The van der Waals surface area contributed by atoms with Gasteiger partial charge in [0.05, 0.1) is 51.2 Å². The summed E-state index contributed by atoms with van der Waals surface area (Å²) in [6.07, 6.45) is 5.76. The van der Waals surface area contributed by atoms with Crippen molar-refractivity contribution in [1.29, 1.82) is 0 Å². The minimum absolute atomic E-state index is 0.231. The van der Waals surface area contributed by atoms with Crippen LogP contribution in [0.1, 0.15) is 62.4 Å². The predicted molar refractivity (Wildman–Crippen MR) is 478 cm³/mol. The smallest absolute Gasteiger partial charge is 0.159 e. The number of thiophene rings is 1. The number of hydrogen-bond acceptors (Lipinski definition) is 13. The molecule has 0 N–H and O–H groups in total. The van der Waals surface area contributed by atoms with E-state index in [1.807, 2.05) is 35.6 Å². The molecule has 0 spiro atoms. The molecule has 21 rings (SSSR count). The van der Waals surface area contributed by atoms with Gasteiger partial charge in [-0.2, -0.15) is 0 Å². The van der Waals surface area contributed by atoms with Gasteiger partial charge in [-0.05, 0) is 212 Å². The van der Waals surface area contributed by atoms with Crippen LogP contribution < -0.4 is 44.1 Å². The summed E-state index contributed by atoms with van der Waals surface area (Å²) in [6.45, 7) is 22.1. The van der Waals surface area contributed by atoms with Crippen LogP contribution in [-0.2, 0) is 0 Å². The molecule has 0 amide bonds. The van der Waals surface area contributed by atoms with E-state index < -0.39 is 0 Å². The summed E-state index contributed by atoms with van der Waals surface area (Å²) in [7, 11) is 8.58. The van der Waals surface area contributed by atoms with Crippen molar-refractivity contribution >= 4 is 155 Å². The Bertz CT molecular complexity index is 6210. The molecule has 0 unspecified atom stereocenters. The molecule has 16 aromatic rings. The first-order valence-electron chi connectivity index (χ1n) is 39.0. The lowest BCUT2D eigenvalue weighted by Gasteiger charge is -2.31. The van der Waals surface area contributed by atoms with Gasteiger partial charge >= 0.3 is 0 Å². The largest absolute Gasteiger partial charge is 0.456 e. The van der Waals surface area contributed by atoms with Crippen molar-refractivity contribution in [2.45, 2.75) is 100 Å². The summed E-state index contributed by atoms with van der Waals surface area (Å²) in [5.41, 5.74) is 27.8. The summed E-state index contributed by atoms with van der Waals surface area (Å²) in [5.74, 6) is 0. The molecule has 5 aliphatic heterocycles. The molecule has 3 aromatic heterocycles. The molecule has 0 saturated carbocycles. The van der Waals surface area contributed by atoms with Crippen LogP contribution in [-0.4, -0.2) is 63.9 Å². The molecule has 5 atom stereocenters. The Kier molecular flexibility index (Phi) is 19.2. The summed E-state index contributed by atoms with van der Waals surface area (Å²) >= 11 is 1.88. The molecule has 560 valence electrons. The highest BCUT2D eigenvalue weighted by molar-refractivity contribution is 7.25. The van der Waals surface area contributed by atoms with Crippen LogP contribution in [0.5, 0.6) is 0 Å². The van der Waals surface area contributed by atoms with Crippen molar-refractivity contribution in [2.24, 2.45) is 0 Å². The predicted octanol–water partition coefficient (Wildman–Crippen LogP) is 26.1. The van der Waals surface area contributed by atoms with Gasteiger partial charge in [-0.25, -0.2) is 0 Å². The Hall–Kier alpha value is -12.6. The van der Waals surface area contributed by atoms with E-state index in [-0.39, 0.29) is 18.5 Å². The average molecular weight is 1490 g/mol. The highest BCUT2D eigenvalue weighted by atomic mass is 32.1. The Morgan fingerprint density at radius 1 is 0.259 bits per heavy atom. The van der Waals surface area contributed by atoms with Gasteiger partial charge in [-0.15, -0.1) is 11.3 Å². The van der Waals surface area contributed by atoms with E-state index in [4.69, 9.17) is 8.83 Å². The lowest BCUT2D eigenvalue weighted by Crippen LogP contribution is -2.36. The van der Waals surface area contributed by atoms with Crippen LogP contribution in [0.25, 0.3) is 64.0 Å². The molecule has 8 heterocycles. The van der Waals surface area contributed by atoms with Gasteiger partial charge < -0.3 is 57.8 Å². The molecule has 0 fully saturated rings. The van der Waals surface area contributed by atoms with Crippen LogP contribution in [0, 0.1) is 34.6 Å². The Labute approximate surface area is 662 Å². The fourth-order valence-corrected chi connectivity index (χ4v) is 18.4. The first-order chi connectivity index (χ1) is 54.4. The molecule has 12 nitrogen and oxygen atoms in total. The second kappa shape index (κ2) is 29.7. The van der Waals surface area contributed by atoms with Crippen LogP contribution in [0.15, 0.2) is 306 Å². The quantitative estimate of drug-likeness (QED) is 0.159. The number of nitrogens with zero attached hydrogens (tertiary/aromatic N) is 10. The van der Waals surface area contributed by atoms with Crippen LogP contribution >= 0.6 is 11.3 Å². The number of furan rings is 2. The van der Waals surface area contributed by atoms with Crippen LogP contribution in [0.4, 0.5) is 79.6 Å². The summed E-state index contributed by atoms with van der Waals surface area (Å²) in [6, 6.07) is 101. The lowest BCUT2D eigenvalue weighted by atomic mass is 10.1. The molecule has 13 heteroatoms. The Balaban J connectivity index is 0.000000102. The van der Waals surface area contributed by atoms with Crippen molar-refractivity contribution in [1.82, 2.24) is 4.90 Å². The summed E-state index contributed by atoms with van der Waals surface area (Å²) in [5, 5.41) is 7.43. The number of rotatable bonds is 6. The molecule has 5 aliphatic rings. The zero-order chi connectivity index (χ0) is 77.3. The minimum Gasteiger partial charge on any atom is -0.456 e. The van der Waals surface area contributed by atoms with Gasteiger partial charge in [-0.1, -0.05) is 170 Å². The van der Waals surface area contributed by atoms with Crippen molar-refractivity contribution in [3.8, 4) is 0 Å². The second-order valence-corrected chi connectivity index (χ2v) is 31.3. The zero-order valence-electron chi connectivity index (χ0n) is 66.4. The highest BCUT2D eigenvalue weighted by Gasteiger charge is 2.38. The summed E-state index contributed by atoms with van der Waals surface area (Å²) < 4.78 is 15.1. The van der Waals surface area contributed by atoms with Crippen molar-refractivity contribution in [3.63, 3.8) is 0 Å². The Morgan fingerprint density at radius 3 is 1.23 bits per heavy atom. The molecule has 0 bridgehead atoms. The van der Waals surface area contributed by atoms with Gasteiger partial charge in [0.2, 0.25) is 0 Å². The topological polar surface area (TPSA) is 58.7 Å². The number of anilines is 14. The van der Waals surface area contributed by atoms with Crippen molar-refractivity contribution in [2.75, 3.05) is 72.3 Å². The maximum atomic E-state index is 6.32. The lowest BCUT2D eigenvalue weighted by molar-refractivity contribution is 0.383. The normalized spacial score (nSPS) is 17.2. The first-order valence-corrected chi connectivity index (χ1v) is 39.9. The SMILES string of the molecule is Cc1cc2oc3ccccc3c2cc1N1c2ccccc2N(C)[C@@H]1C.Cc1cc2sc3ccccc3c2cc1N1C=CN(C)[C@@H]1C.Cc1ccc2c(oc3ccccc32)c1N1c2ccccc2N(C)[C@@H]1C.Cc1ccccc1N1c2ccccc2N(C)[C@@H]1C.Cc1ccccc1N1c2ccccc2N(c2ccccc2)[C@@H]1C. The second-order valence-electron chi connectivity index (χ2n) is 30.2. The third-order valence-electron chi connectivity index (χ3n) is 23.6. The maximum Gasteiger partial charge on any atom is 0.159 e. The van der Waals surface area contributed by atoms with Gasteiger partial charge in [0.1, 0.15) is 47.6 Å². The summed E-state index contributed by atoms with van der Waals surface area (Å²) in [4.78, 5) is 23.6. The van der Waals surface area contributed by atoms with Crippen LogP contribution in [0.2, 0.25) is 0 Å². The van der Waals surface area contributed by atoms with E-state index in [9.17, 15) is 0 Å². The molecule has 112 heavy (non-hydrogen) atoms. The monoisotopic (exact) mass is 1490 g/mol. The zero-order valence-corrected chi connectivity index (χ0v) is 67.2. The van der Waals surface area contributed by atoms with E-state index in [0.29, 0.717) is 12.3 Å². The van der Waals surface area contributed by atoms with Gasteiger partial charge in [0, 0.05) is 111 Å². The molecule has 0 radical (unpaired) electrons. The average Bonchev–Trinajstić information content (AvgIpc) is 1.59. The maximum absolute atomic E-state index is 6.32. The number of aryl methyl sites for hydroxylation is 5. The third-order valence-corrected chi connectivity index (χ3v) is 24.8. The fraction of sp³-hybridized carbons (Fsp3) is 0.192. The van der Waals surface area contributed by atoms with E-state index in [0.717, 1.165) is 28.0 Å². The standard InChI is InChI=1S/2C22H20N2O.C21H20N2.C18H18N2S.C16H18N2/c1-14-12-22-17(16-8-4-7-11-21(16)25-22)13-20(14)24-15(2)23(3)18-9-5-6-10-19(18)24;1-14-12-13-17-16-8-4-7-11-20(16)25-22(17)21(14)24-15(2)23(3)18-9-5-6-10-19(18)24;1-16-10-6-7-13-19(16)23-17(2)22(18-11-4-3-5-12-18)20-14-8-9-15-21(20)23;1-12-10-18-15(14-6-4-5-7-17(14)21-18)11-16(12)20-9-8-19(3)13(20)2;1-12-8-4-5-9-14(12)18-13(2)17(3)15-10-6-7-11-16(15)18/h2*4-13,15H,1-3H3;3-15,17H,1-2H3;4-11,13H,1-3H3;4-11,13H,1-3H3/t2*15-;17-;2*13-/m00000/s1. The molecule has 0 aliphatic carbocycles. The van der Waals surface area contributed by atoms with Crippen LogP contribution in [0.3, 0.4) is 0 Å². The number of hydrogen-bond donors (Lipinski definition) is 0. The molecular formula is C99H96N10O2S. The van der Waals surface area contributed by atoms with E-state index >= 15 is 0 Å². The highest BCUT2D eigenvalue weighted by Crippen LogP contribution is 2.52. The number of fused-ring (bicyclic) bond motifs is 13. The van der Waals surface area contributed by atoms with Gasteiger partial charge in [-0.3, -0.25) is 0 Å². The van der Waals surface area contributed by atoms with Crippen molar-refractivity contribution < 1.29 is 8.83 Å². The van der Waals surface area contributed by atoms with Crippen molar-refractivity contribution in [3.05, 3.63) is 325 Å². The Morgan fingerprint density at radius 2 is 0.679 bits per heavy atom. The fourth-order valence-electron chi connectivity index (χ4n) is 17.3. The van der Waals surface area contributed by atoms with E-state index in [1.54, 1.807) is 0 Å². The van der Waals surface area contributed by atoms with Gasteiger partial charge in [0.25, 0.3) is 0 Å². The molecular weight excluding hydrogens is 1390 g/mol. The molecule has 0 saturated heterocycles. The molecule has 13 aromatic carbocycles. The minimum atomic E-state index is 0.231. The third kappa shape index (κ3) is 12.6. The number of benzene rings is 13. The first kappa shape index (κ1) is 72.3. The van der Waals surface area contributed by atoms with Gasteiger partial charge in [0.15, 0.2) is 5.58 Å².